The van der Waals surface area contributed by atoms with Crippen molar-refractivity contribution < 1.29 is 19.1 Å². The predicted octanol–water partition coefficient (Wildman–Crippen LogP) is 2.89. The number of benzene rings is 2. The maximum atomic E-state index is 12.0. The van der Waals surface area contributed by atoms with Crippen LogP contribution < -0.4 is 10.6 Å². The summed E-state index contributed by atoms with van der Waals surface area (Å²) in [5, 5.41) is 14.1. The monoisotopic (exact) mass is 393 g/mol. The highest BCUT2D eigenvalue weighted by Crippen LogP contribution is 2.12. The molecule has 0 unspecified atom stereocenters. The topological polar surface area (TPSA) is 108 Å². The number of carbonyl (C=O) groups is 3. The number of carbonyl (C=O) groups excluding carboxylic acids is 3. The Labute approximate surface area is 169 Å². The maximum absolute atomic E-state index is 12.0. The number of rotatable bonds is 9. The second-order valence-corrected chi connectivity index (χ2v) is 6.44. The van der Waals surface area contributed by atoms with Crippen molar-refractivity contribution in [3.63, 3.8) is 0 Å². The van der Waals surface area contributed by atoms with Gasteiger partial charge in [-0.15, -0.1) is 0 Å². The van der Waals surface area contributed by atoms with Gasteiger partial charge in [0.25, 0.3) is 5.91 Å². The molecular formula is C22H23N3O4. The number of anilines is 1. The lowest BCUT2D eigenvalue weighted by molar-refractivity contribution is -0.148. The van der Waals surface area contributed by atoms with Gasteiger partial charge in [0.05, 0.1) is 25.0 Å². The number of esters is 1. The van der Waals surface area contributed by atoms with Gasteiger partial charge in [0.1, 0.15) is 0 Å². The fraction of sp³-hybridized carbons (Fsp3) is 0.273. The summed E-state index contributed by atoms with van der Waals surface area (Å²) in [6.45, 7) is 1.43. The first-order valence-electron chi connectivity index (χ1n) is 9.23. The Morgan fingerprint density at radius 2 is 1.69 bits per heavy atom. The van der Waals surface area contributed by atoms with Crippen LogP contribution in [0.5, 0.6) is 0 Å². The van der Waals surface area contributed by atoms with E-state index >= 15 is 0 Å². The number of hydrogen-bond acceptors (Lipinski definition) is 5. The van der Waals surface area contributed by atoms with Crippen LogP contribution in [0.1, 0.15) is 36.9 Å². The quantitative estimate of drug-likeness (QED) is 0.637. The Hall–Kier alpha value is -3.66. The molecule has 0 saturated heterocycles. The van der Waals surface area contributed by atoms with Crippen LogP contribution in [0.4, 0.5) is 5.69 Å². The molecule has 0 aromatic heterocycles. The summed E-state index contributed by atoms with van der Waals surface area (Å²) in [5.74, 6) is -1.36. The molecule has 1 atom stereocenters. The fourth-order valence-electron chi connectivity index (χ4n) is 2.57. The summed E-state index contributed by atoms with van der Waals surface area (Å²) < 4.78 is 4.90. The van der Waals surface area contributed by atoms with Gasteiger partial charge in [-0.2, -0.15) is 5.26 Å². The van der Waals surface area contributed by atoms with E-state index in [0.29, 0.717) is 12.1 Å². The van der Waals surface area contributed by atoms with Gasteiger partial charge < -0.3 is 15.4 Å². The van der Waals surface area contributed by atoms with Gasteiger partial charge in [-0.1, -0.05) is 42.5 Å². The normalized spacial score (nSPS) is 11.0. The highest BCUT2D eigenvalue weighted by atomic mass is 16.5. The van der Waals surface area contributed by atoms with Crippen LogP contribution in [0, 0.1) is 11.3 Å². The Balaban J connectivity index is 1.66. The third-order valence-electron chi connectivity index (χ3n) is 4.12. The summed E-state index contributed by atoms with van der Waals surface area (Å²) in [6, 6.07) is 18.2. The lowest BCUT2D eigenvalue weighted by Gasteiger charge is -2.14. The van der Waals surface area contributed by atoms with Gasteiger partial charge in [0.2, 0.25) is 5.91 Å². The standard InChI is InChI=1S/C22H23N3O4/c1-16(18-5-3-2-4-6-18)24-20(26)11-12-22(28)29-15-21(27)25-19-9-7-17(8-10-19)13-14-23/h2-10,16H,11-13,15H2,1H3,(H,24,26)(H,25,27)/t16-/m1/s1. The molecule has 29 heavy (non-hydrogen) atoms. The molecule has 0 saturated carbocycles. The molecule has 2 aromatic carbocycles. The summed E-state index contributed by atoms with van der Waals surface area (Å²) in [5.41, 5.74) is 2.36. The average Bonchev–Trinajstić information content (AvgIpc) is 2.73. The first-order chi connectivity index (χ1) is 14.0. The van der Waals surface area contributed by atoms with Crippen molar-refractivity contribution in [2.24, 2.45) is 0 Å². The van der Waals surface area contributed by atoms with E-state index in [4.69, 9.17) is 10.00 Å². The van der Waals surface area contributed by atoms with Gasteiger partial charge in [0.15, 0.2) is 6.61 Å². The van der Waals surface area contributed by atoms with Gasteiger partial charge in [-0.25, -0.2) is 0 Å². The summed E-state index contributed by atoms with van der Waals surface area (Å²) in [7, 11) is 0. The maximum Gasteiger partial charge on any atom is 0.306 e. The van der Waals surface area contributed by atoms with Crippen LogP contribution in [0.15, 0.2) is 54.6 Å². The molecule has 2 rings (SSSR count). The third-order valence-corrected chi connectivity index (χ3v) is 4.12. The van der Waals surface area contributed by atoms with Gasteiger partial charge >= 0.3 is 5.97 Å². The zero-order valence-electron chi connectivity index (χ0n) is 16.2. The van der Waals surface area contributed by atoms with Crippen molar-refractivity contribution in [1.29, 1.82) is 5.26 Å². The molecule has 7 nitrogen and oxygen atoms in total. The number of nitrogens with zero attached hydrogens (tertiary/aromatic N) is 1. The molecule has 7 heteroatoms. The zero-order valence-corrected chi connectivity index (χ0v) is 16.2. The minimum absolute atomic E-state index is 0.0159. The highest BCUT2D eigenvalue weighted by Gasteiger charge is 2.13. The second kappa shape index (κ2) is 11.2. The minimum Gasteiger partial charge on any atom is -0.456 e. The van der Waals surface area contributed by atoms with E-state index in [9.17, 15) is 14.4 Å². The van der Waals surface area contributed by atoms with Crippen LogP contribution in [-0.2, 0) is 25.5 Å². The molecule has 2 aromatic rings. The van der Waals surface area contributed by atoms with Crippen molar-refractivity contribution >= 4 is 23.5 Å². The van der Waals surface area contributed by atoms with Crippen LogP contribution in [0.2, 0.25) is 0 Å². The first-order valence-corrected chi connectivity index (χ1v) is 9.23. The van der Waals surface area contributed by atoms with Crippen molar-refractivity contribution in [1.82, 2.24) is 5.32 Å². The lowest BCUT2D eigenvalue weighted by atomic mass is 10.1. The van der Waals surface area contributed by atoms with Crippen molar-refractivity contribution in [3.05, 3.63) is 65.7 Å². The van der Waals surface area contributed by atoms with Crippen molar-refractivity contribution in [2.75, 3.05) is 11.9 Å². The van der Waals surface area contributed by atoms with E-state index < -0.39 is 18.5 Å². The van der Waals surface area contributed by atoms with E-state index in [1.165, 1.54) is 0 Å². The number of ether oxygens (including phenoxy) is 1. The SMILES string of the molecule is C[C@@H](NC(=O)CCC(=O)OCC(=O)Nc1ccc(CC#N)cc1)c1ccccc1. The van der Waals surface area contributed by atoms with E-state index in [0.717, 1.165) is 11.1 Å². The molecule has 0 fully saturated rings. The molecule has 0 bridgehead atoms. The third kappa shape index (κ3) is 7.85. The van der Waals surface area contributed by atoms with Crippen LogP contribution in [0.3, 0.4) is 0 Å². The molecule has 150 valence electrons. The summed E-state index contributed by atoms with van der Waals surface area (Å²) in [6.07, 6.45) is 0.172. The molecule has 0 aliphatic carbocycles. The van der Waals surface area contributed by atoms with Gasteiger partial charge in [0, 0.05) is 12.1 Å². The number of nitrogens with one attached hydrogen (secondary N) is 2. The Kier molecular flexibility index (Phi) is 8.39. The molecule has 2 amide bonds. The van der Waals surface area contributed by atoms with Crippen molar-refractivity contribution in [2.45, 2.75) is 32.2 Å². The zero-order chi connectivity index (χ0) is 21.1. The molecular weight excluding hydrogens is 370 g/mol. The average molecular weight is 393 g/mol. The number of amides is 2. The predicted molar refractivity (Wildman–Crippen MR) is 108 cm³/mol. The van der Waals surface area contributed by atoms with Crippen LogP contribution >= 0.6 is 0 Å². The Morgan fingerprint density at radius 3 is 2.34 bits per heavy atom. The molecule has 0 aliphatic rings. The Bertz CT molecular complexity index is 873. The lowest BCUT2D eigenvalue weighted by Crippen LogP contribution is -2.27. The van der Waals surface area contributed by atoms with Gasteiger partial charge in [-0.3, -0.25) is 14.4 Å². The molecule has 0 radical (unpaired) electrons. The number of hydrogen-bond donors (Lipinski definition) is 2. The number of nitriles is 1. The fourth-order valence-corrected chi connectivity index (χ4v) is 2.57. The highest BCUT2D eigenvalue weighted by molar-refractivity contribution is 5.93. The Morgan fingerprint density at radius 1 is 1.00 bits per heavy atom. The summed E-state index contributed by atoms with van der Waals surface area (Å²) >= 11 is 0. The van der Waals surface area contributed by atoms with E-state index in [1.807, 2.05) is 43.3 Å². The molecule has 2 N–H and O–H groups in total. The van der Waals surface area contributed by atoms with Gasteiger partial charge in [-0.05, 0) is 30.2 Å². The molecule has 0 aliphatic heterocycles. The van der Waals surface area contributed by atoms with Crippen molar-refractivity contribution in [3.8, 4) is 6.07 Å². The summed E-state index contributed by atoms with van der Waals surface area (Å²) in [4.78, 5) is 35.6. The van der Waals surface area contributed by atoms with Crippen LogP contribution in [0.25, 0.3) is 0 Å². The first kappa shape index (κ1) is 21.6. The smallest absolute Gasteiger partial charge is 0.306 e. The second-order valence-electron chi connectivity index (χ2n) is 6.44. The van der Waals surface area contributed by atoms with E-state index in [-0.39, 0.29) is 24.8 Å². The minimum atomic E-state index is -0.618. The van der Waals surface area contributed by atoms with Crippen LogP contribution in [-0.4, -0.2) is 24.4 Å². The largest absolute Gasteiger partial charge is 0.456 e. The van der Waals surface area contributed by atoms with E-state index in [1.54, 1.807) is 24.3 Å². The molecule has 0 heterocycles. The van der Waals surface area contributed by atoms with E-state index in [2.05, 4.69) is 10.6 Å². The molecule has 0 spiro atoms.